The summed E-state index contributed by atoms with van der Waals surface area (Å²) in [4.78, 5) is 14.5. The third kappa shape index (κ3) is 6.96. The lowest BCUT2D eigenvalue weighted by Gasteiger charge is -2.33. The van der Waals surface area contributed by atoms with Crippen molar-refractivity contribution in [1.29, 1.82) is 0 Å². The van der Waals surface area contributed by atoms with Gasteiger partial charge in [-0.05, 0) is 18.9 Å². The van der Waals surface area contributed by atoms with Crippen molar-refractivity contribution >= 4 is 17.7 Å². The smallest absolute Gasteiger partial charge is 0.230 e. The van der Waals surface area contributed by atoms with Gasteiger partial charge in [0.25, 0.3) is 0 Å². The molecule has 0 spiro atoms. The predicted molar refractivity (Wildman–Crippen MR) is 101 cm³/mol. The zero-order chi connectivity index (χ0) is 18.2. The fourth-order valence-corrected chi connectivity index (χ4v) is 3.83. The summed E-state index contributed by atoms with van der Waals surface area (Å²) in [6.45, 7) is 10.5. The Balaban J connectivity index is 1.69. The molecule has 2 rings (SSSR count). The van der Waals surface area contributed by atoms with E-state index in [1.807, 2.05) is 13.0 Å². The van der Waals surface area contributed by atoms with Gasteiger partial charge in [-0.2, -0.15) is 0 Å². The minimum atomic E-state index is -0.219. The van der Waals surface area contributed by atoms with Crippen LogP contribution in [0.15, 0.2) is 24.3 Å². The van der Waals surface area contributed by atoms with Crippen molar-refractivity contribution in [2.45, 2.75) is 32.1 Å². The van der Waals surface area contributed by atoms with Crippen molar-refractivity contribution < 1.29 is 13.9 Å². The first kappa shape index (κ1) is 20.2. The van der Waals surface area contributed by atoms with Crippen molar-refractivity contribution in [3.8, 4) is 0 Å². The summed E-state index contributed by atoms with van der Waals surface area (Å²) in [5.41, 5.74) is 0.639. The first-order valence-corrected chi connectivity index (χ1v) is 9.97. The highest BCUT2D eigenvalue weighted by molar-refractivity contribution is 8.00. The fraction of sp³-hybridized carbons (Fsp3) is 0.632. The van der Waals surface area contributed by atoms with Gasteiger partial charge in [0.05, 0.1) is 18.5 Å². The summed E-state index contributed by atoms with van der Waals surface area (Å²) in [6.07, 6.45) is 0.0467. The average molecular weight is 369 g/mol. The van der Waals surface area contributed by atoms with E-state index in [0.29, 0.717) is 30.4 Å². The zero-order valence-electron chi connectivity index (χ0n) is 15.3. The minimum absolute atomic E-state index is 0.0298. The van der Waals surface area contributed by atoms with Gasteiger partial charge < -0.3 is 10.1 Å². The molecule has 0 aromatic heterocycles. The lowest BCUT2D eigenvalue weighted by molar-refractivity contribution is -0.119. The van der Waals surface area contributed by atoms with Crippen LogP contribution in [0.25, 0.3) is 0 Å². The van der Waals surface area contributed by atoms with Gasteiger partial charge in [0.2, 0.25) is 5.91 Å². The summed E-state index contributed by atoms with van der Waals surface area (Å²) in [5.74, 6) is 0.698. The molecule has 1 N–H and O–H groups in total. The van der Waals surface area contributed by atoms with E-state index in [4.69, 9.17) is 4.74 Å². The molecule has 1 aliphatic rings. The molecule has 2 atom stereocenters. The predicted octanol–water partition coefficient (Wildman–Crippen LogP) is 3.09. The molecule has 1 heterocycles. The molecule has 0 radical (unpaired) electrons. The number of halogens is 1. The second kappa shape index (κ2) is 10.1. The Kier molecular flexibility index (Phi) is 8.19. The third-order valence-electron chi connectivity index (χ3n) is 4.18. The molecule has 1 aromatic carbocycles. The second-order valence-corrected chi connectivity index (χ2v) is 8.25. The normalized spacial score (nSPS) is 19.8. The summed E-state index contributed by atoms with van der Waals surface area (Å²) < 4.78 is 19.5. The first-order chi connectivity index (χ1) is 12.0. The molecule has 0 aliphatic carbocycles. The van der Waals surface area contributed by atoms with Crippen LogP contribution in [-0.2, 0) is 9.53 Å². The number of ether oxygens (including phenoxy) is 1. The Morgan fingerprint density at radius 2 is 2.16 bits per heavy atom. The number of thioether (sulfide) groups is 1. The van der Waals surface area contributed by atoms with E-state index in [1.54, 1.807) is 12.1 Å². The number of nitrogens with zero attached hydrogens (tertiary/aromatic N) is 1. The highest BCUT2D eigenvalue weighted by Crippen LogP contribution is 2.29. The van der Waals surface area contributed by atoms with Crippen LogP contribution in [-0.4, -0.2) is 55.4 Å². The van der Waals surface area contributed by atoms with Gasteiger partial charge in [-0.25, -0.2) is 4.39 Å². The Labute approximate surface area is 154 Å². The number of amides is 1. The average Bonchev–Trinajstić information content (AvgIpc) is 2.58. The van der Waals surface area contributed by atoms with Crippen molar-refractivity contribution in [2.75, 3.05) is 38.5 Å². The van der Waals surface area contributed by atoms with Crippen LogP contribution < -0.4 is 5.32 Å². The molecule has 25 heavy (non-hydrogen) atoms. The molecule has 1 aliphatic heterocycles. The summed E-state index contributed by atoms with van der Waals surface area (Å²) in [6, 6.07) is 6.72. The molecular formula is C19H29FN2O2S. The van der Waals surface area contributed by atoms with Gasteiger partial charge in [-0.1, -0.05) is 32.0 Å². The number of rotatable bonds is 8. The molecule has 4 nitrogen and oxygen atoms in total. The zero-order valence-corrected chi connectivity index (χ0v) is 16.2. The quantitative estimate of drug-likeness (QED) is 0.766. The number of hydrogen-bond acceptors (Lipinski definition) is 4. The number of carbonyl (C=O) groups excluding carboxylic acids is 1. The molecule has 1 amide bonds. The van der Waals surface area contributed by atoms with E-state index in [0.717, 1.165) is 19.6 Å². The lowest BCUT2D eigenvalue weighted by atomic mass is 10.1. The number of benzene rings is 1. The van der Waals surface area contributed by atoms with E-state index in [2.05, 4.69) is 24.1 Å². The number of carbonyl (C=O) groups is 1. The van der Waals surface area contributed by atoms with E-state index < -0.39 is 0 Å². The Hall–Kier alpha value is -1.11. The number of hydrogen-bond donors (Lipinski definition) is 1. The standard InChI is InChI=1S/C19H29FN2O2S/c1-14(2)11-22-8-9-24-16(12-22)10-21-19(23)13-25-15(3)17-6-4-5-7-18(17)20/h4-7,14-16H,8-13H2,1-3H3,(H,21,23). The van der Waals surface area contributed by atoms with Crippen LogP contribution >= 0.6 is 11.8 Å². The van der Waals surface area contributed by atoms with E-state index in [9.17, 15) is 9.18 Å². The molecule has 140 valence electrons. The monoisotopic (exact) mass is 368 g/mol. The summed E-state index contributed by atoms with van der Waals surface area (Å²) >= 11 is 1.44. The van der Waals surface area contributed by atoms with Crippen LogP contribution in [0.4, 0.5) is 4.39 Å². The molecule has 0 saturated carbocycles. The molecule has 2 unspecified atom stereocenters. The molecule has 0 bridgehead atoms. The van der Waals surface area contributed by atoms with Crippen molar-refractivity contribution in [1.82, 2.24) is 10.2 Å². The summed E-state index contributed by atoms with van der Waals surface area (Å²) in [7, 11) is 0. The minimum Gasteiger partial charge on any atom is -0.374 e. The third-order valence-corrected chi connectivity index (χ3v) is 5.36. The van der Waals surface area contributed by atoms with Crippen LogP contribution in [0.1, 0.15) is 31.6 Å². The molecule has 1 aromatic rings. The van der Waals surface area contributed by atoms with Gasteiger partial charge in [0.1, 0.15) is 5.82 Å². The van der Waals surface area contributed by atoms with Crippen molar-refractivity contribution in [2.24, 2.45) is 5.92 Å². The summed E-state index contributed by atoms with van der Waals surface area (Å²) in [5, 5.41) is 2.89. The fourth-order valence-electron chi connectivity index (χ4n) is 2.96. The lowest BCUT2D eigenvalue weighted by Crippen LogP contribution is -2.48. The van der Waals surface area contributed by atoms with E-state index in [1.165, 1.54) is 17.8 Å². The largest absolute Gasteiger partial charge is 0.374 e. The number of morpholine rings is 1. The van der Waals surface area contributed by atoms with Crippen LogP contribution in [0.3, 0.4) is 0 Å². The maximum absolute atomic E-state index is 13.7. The first-order valence-electron chi connectivity index (χ1n) is 8.92. The topological polar surface area (TPSA) is 41.6 Å². The Bertz CT molecular complexity index is 556. The van der Waals surface area contributed by atoms with Crippen LogP contribution in [0, 0.1) is 11.7 Å². The van der Waals surface area contributed by atoms with Crippen molar-refractivity contribution in [3.05, 3.63) is 35.6 Å². The van der Waals surface area contributed by atoms with Gasteiger partial charge in [0, 0.05) is 37.0 Å². The maximum atomic E-state index is 13.7. The number of nitrogens with one attached hydrogen (secondary N) is 1. The highest BCUT2D eigenvalue weighted by Gasteiger charge is 2.21. The SMILES string of the molecule is CC(C)CN1CCOC(CNC(=O)CSC(C)c2ccccc2F)C1. The highest BCUT2D eigenvalue weighted by atomic mass is 32.2. The molecule has 1 saturated heterocycles. The van der Waals surface area contributed by atoms with Gasteiger partial charge in [-0.15, -0.1) is 11.8 Å². The van der Waals surface area contributed by atoms with Gasteiger partial charge >= 0.3 is 0 Å². The molecular weight excluding hydrogens is 339 g/mol. The Morgan fingerprint density at radius 1 is 1.40 bits per heavy atom. The second-order valence-electron chi connectivity index (χ2n) is 6.93. The van der Waals surface area contributed by atoms with Crippen molar-refractivity contribution in [3.63, 3.8) is 0 Å². The van der Waals surface area contributed by atoms with Gasteiger partial charge in [-0.3, -0.25) is 9.69 Å². The van der Waals surface area contributed by atoms with Gasteiger partial charge in [0.15, 0.2) is 0 Å². The maximum Gasteiger partial charge on any atom is 0.230 e. The Morgan fingerprint density at radius 3 is 2.88 bits per heavy atom. The molecule has 1 fully saturated rings. The van der Waals surface area contributed by atoms with Crippen LogP contribution in [0.5, 0.6) is 0 Å². The van der Waals surface area contributed by atoms with E-state index >= 15 is 0 Å². The van der Waals surface area contributed by atoms with E-state index in [-0.39, 0.29) is 23.1 Å². The molecule has 6 heteroatoms. The van der Waals surface area contributed by atoms with Crippen LogP contribution in [0.2, 0.25) is 0 Å².